The van der Waals surface area contributed by atoms with E-state index in [1.54, 1.807) is 12.1 Å². The van der Waals surface area contributed by atoms with E-state index in [9.17, 15) is 9.59 Å². The Balaban J connectivity index is 0.000000155. The zero-order chi connectivity index (χ0) is 26.5. The summed E-state index contributed by atoms with van der Waals surface area (Å²) in [4.78, 5) is 33.2. The number of carbonyl (C=O) groups excluding carboxylic acids is 2. The van der Waals surface area contributed by atoms with Crippen molar-refractivity contribution in [1.29, 1.82) is 0 Å². The fourth-order valence-electron chi connectivity index (χ4n) is 5.68. The standard InChI is InChI=1S/C15H20N2O2.C14H17BrN2O2/c1-12-2-4-14(5-3-12)19-15(18)17-11-10-16-8-6-13(17)7-9-16;15-11-1-3-13(4-2-11)19-14(18)17-10-9-16-7-5-12(17)6-8-16/h2-5,13H,6-11H2,1H3;1-4,12H,5-10H2/i1-1;15-4. The first-order valence-electron chi connectivity index (χ1n) is 13.7. The highest BCUT2D eigenvalue weighted by Crippen LogP contribution is 2.24. The molecule has 0 spiro atoms. The molecule has 2 amide bonds. The zero-order valence-corrected chi connectivity index (χ0v) is 23.6. The number of carbonyl (C=O) groups is 2. The van der Waals surface area contributed by atoms with Crippen LogP contribution in [-0.4, -0.2) is 96.2 Å². The van der Waals surface area contributed by atoms with Crippen LogP contribution in [0, 0.1) is 6.92 Å². The van der Waals surface area contributed by atoms with Crippen LogP contribution < -0.4 is 9.47 Å². The SMILES string of the molecule is O=C(Oc1ccc([76Br])cc1)N1CCN2CCC1CC2.[11CH3]c1ccc(OC(=O)N2CCN3CCC2CC3)cc1. The Morgan fingerprint density at radius 2 is 1.03 bits per heavy atom. The van der Waals surface area contributed by atoms with E-state index in [2.05, 4.69) is 25.7 Å². The summed E-state index contributed by atoms with van der Waals surface area (Å²) in [6.07, 6.45) is 3.87. The summed E-state index contributed by atoms with van der Waals surface area (Å²) in [7, 11) is 0. The Kier molecular flexibility index (Phi) is 8.86. The van der Waals surface area contributed by atoms with E-state index in [0.717, 1.165) is 82.5 Å². The molecular weight excluding hydrogens is 543 g/mol. The first-order chi connectivity index (χ1) is 18.4. The highest BCUT2D eigenvalue weighted by Gasteiger charge is 2.34. The van der Waals surface area contributed by atoms with E-state index in [0.29, 0.717) is 23.6 Å². The van der Waals surface area contributed by atoms with Crippen molar-refractivity contribution in [2.24, 2.45) is 0 Å². The van der Waals surface area contributed by atoms with E-state index in [1.165, 1.54) is 5.56 Å². The highest BCUT2D eigenvalue weighted by atomic mass is 75.9. The molecule has 8 rings (SSSR count). The van der Waals surface area contributed by atoms with Gasteiger partial charge < -0.3 is 29.1 Å². The number of piperidine rings is 2. The molecule has 0 N–H and O–H groups in total. The summed E-state index contributed by atoms with van der Waals surface area (Å²) in [5, 5.41) is 0. The Hall–Kier alpha value is -2.62. The summed E-state index contributed by atoms with van der Waals surface area (Å²) in [5.41, 5.74) is 1.17. The maximum atomic E-state index is 12.3. The lowest BCUT2D eigenvalue weighted by molar-refractivity contribution is 0.130. The average Bonchev–Trinajstić information content (AvgIpc) is 3.44. The zero-order valence-electron chi connectivity index (χ0n) is 22.1. The normalized spacial score (nSPS) is 26.1. The smallest absolute Gasteiger partial charge is 0.410 e. The first-order valence-corrected chi connectivity index (χ1v) is 14.5. The molecule has 0 unspecified atom stereocenters. The van der Waals surface area contributed by atoms with Crippen molar-refractivity contribution in [3.05, 3.63) is 58.6 Å². The van der Waals surface area contributed by atoms with Crippen LogP contribution in [0.25, 0.3) is 0 Å². The minimum Gasteiger partial charge on any atom is -0.410 e. The van der Waals surface area contributed by atoms with Crippen LogP contribution in [0.1, 0.15) is 31.2 Å². The number of benzene rings is 2. The van der Waals surface area contributed by atoms with E-state index < -0.39 is 0 Å². The van der Waals surface area contributed by atoms with Gasteiger partial charge in [0.15, 0.2) is 0 Å². The van der Waals surface area contributed by atoms with Crippen LogP contribution in [0.5, 0.6) is 11.5 Å². The number of rotatable bonds is 2. The third kappa shape index (κ3) is 6.87. The molecule has 9 heteroatoms. The van der Waals surface area contributed by atoms with Crippen LogP contribution in [-0.2, 0) is 0 Å². The molecule has 0 saturated carbocycles. The number of fused-ring (bicyclic) bond motifs is 8. The quantitative estimate of drug-likeness (QED) is 0.498. The van der Waals surface area contributed by atoms with Crippen molar-refractivity contribution in [3.8, 4) is 11.5 Å². The van der Waals surface area contributed by atoms with Crippen LogP contribution in [0.15, 0.2) is 53.0 Å². The molecule has 6 aliphatic heterocycles. The van der Waals surface area contributed by atoms with Crippen LogP contribution in [0.2, 0.25) is 0 Å². The average molecular weight is 581 g/mol. The van der Waals surface area contributed by atoms with Gasteiger partial charge >= 0.3 is 12.2 Å². The fraction of sp³-hybridized carbons (Fsp3) is 0.517. The second-order valence-electron chi connectivity index (χ2n) is 10.5. The molecule has 6 fully saturated rings. The van der Waals surface area contributed by atoms with Crippen molar-refractivity contribution in [2.45, 2.75) is 44.7 Å². The Labute approximate surface area is 233 Å². The number of halogens is 1. The van der Waals surface area contributed by atoms with Crippen molar-refractivity contribution < 1.29 is 19.1 Å². The summed E-state index contributed by atoms with van der Waals surface area (Å²) < 4.78 is 11.9. The molecule has 0 atom stereocenters. The predicted octanol–water partition coefficient (Wildman–Crippen LogP) is 5.00. The van der Waals surface area contributed by atoms with Gasteiger partial charge in [-0.15, -0.1) is 0 Å². The van der Waals surface area contributed by atoms with Gasteiger partial charge in [-0.05, 0) is 69.0 Å². The lowest BCUT2D eigenvalue weighted by Crippen LogP contribution is -2.43. The minimum absolute atomic E-state index is 0.197. The number of nitrogens with zero attached hydrogens (tertiary/aromatic N) is 4. The molecule has 0 aromatic heterocycles. The van der Waals surface area contributed by atoms with Gasteiger partial charge in [0.2, 0.25) is 0 Å². The maximum absolute atomic E-state index is 12.3. The van der Waals surface area contributed by atoms with E-state index in [1.807, 2.05) is 53.1 Å². The topological polar surface area (TPSA) is 65.6 Å². The van der Waals surface area contributed by atoms with Gasteiger partial charge in [0.05, 0.1) is 0 Å². The molecule has 4 bridgehead atoms. The molecule has 8 nitrogen and oxygen atoms in total. The van der Waals surface area contributed by atoms with Crippen LogP contribution in [0.4, 0.5) is 9.59 Å². The first kappa shape index (κ1) is 27.0. The van der Waals surface area contributed by atoms with Gasteiger partial charge in [0.1, 0.15) is 11.5 Å². The highest BCUT2D eigenvalue weighted by molar-refractivity contribution is 9.10. The molecule has 2 aromatic carbocycles. The number of aryl methyl sites for hydroxylation is 1. The summed E-state index contributed by atoms with van der Waals surface area (Å²) in [5.74, 6) is 1.24. The molecule has 0 aliphatic carbocycles. The van der Waals surface area contributed by atoms with Gasteiger partial charge in [0, 0.05) is 68.9 Å². The Morgan fingerprint density at radius 1 is 0.632 bits per heavy atom. The second-order valence-corrected chi connectivity index (χ2v) is 11.5. The largest absolute Gasteiger partial charge is 0.415 e. The molecule has 38 heavy (non-hydrogen) atoms. The maximum Gasteiger partial charge on any atom is 0.415 e. The minimum atomic E-state index is -0.212. The summed E-state index contributed by atoms with van der Waals surface area (Å²) in [6.45, 7) is 9.95. The number of ether oxygens (including phenoxy) is 2. The summed E-state index contributed by atoms with van der Waals surface area (Å²) in [6, 6.07) is 15.7. The third-order valence-corrected chi connectivity index (χ3v) is 8.55. The van der Waals surface area contributed by atoms with Crippen molar-refractivity contribution in [2.75, 3.05) is 52.4 Å². The Morgan fingerprint density at radius 3 is 1.45 bits per heavy atom. The number of hydrogen-bond acceptors (Lipinski definition) is 6. The van der Waals surface area contributed by atoms with Gasteiger partial charge in [-0.2, -0.15) is 0 Å². The van der Waals surface area contributed by atoms with E-state index in [-0.39, 0.29) is 12.2 Å². The van der Waals surface area contributed by atoms with Gasteiger partial charge in [0.25, 0.3) is 0 Å². The van der Waals surface area contributed by atoms with Crippen molar-refractivity contribution >= 4 is 28.1 Å². The van der Waals surface area contributed by atoms with Crippen molar-refractivity contribution in [3.63, 3.8) is 0 Å². The molecule has 6 saturated heterocycles. The van der Waals surface area contributed by atoms with Crippen molar-refractivity contribution in [1.82, 2.24) is 19.6 Å². The lowest BCUT2D eigenvalue weighted by Gasteiger charge is -2.30. The van der Waals surface area contributed by atoms with E-state index in [4.69, 9.17) is 9.47 Å². The molecule has 2 aromatic rings. The molecule has 0 radical (unpaired) electrons. The molecule has 6 heterocycles. The third-order valence-electron chi connectivity index (χ3n) is 8.02. The number of amides is 2. The summed E-state index contributed by atoms with van der Waals surface area (Å²) >= 11 is 3.37. The van der Waals surface area contributed by atoms with Gasteiger partial charge in [-0.3, -0.25) is 0 Å². The van der Waals surface area contributed by atoms with E-state index >= 15 is 0 Å². The molecular formula is C29H37BrN4O4. The monoisotopic (exact) mass is 580 g/mol. The molecule has 6 aliphatic rings. The fourth-order valence-corrected chi connectivity index (χ4v) is 5.95. The van der Waals surface area contributed by atoms with Gasteiger partial charge in [-0.25, -0.2) is 9.59 Å². The second kappa shape index (κ2) is 12.5. The van der Waals surface area contributed by atoms with Crippen LogP contribution >= 0.6 is 15.9 Å². The number of hydrogen-bond donors (Lipinski definition) is 0. The predicted molar refractivity (Wildman–Crippen MR) is 150 cm³/mol. The molecule has 204 valence electrons. The van der Waals surface area contributed by atoms with Gasteiger partial charge in [-0.1, -0.05) is 33.6 Å². The lowest BCUT2D eigenvalue weighted by atomic mass is 10.0. The Bertz CT molecular complexity index is 993. The van der Waals surface area contributed by atoms with Crippen LogP contribution in [0.3, 0.4) is 0 Å².